The Labute approximate surface area is 140 Å². The Bertz CT molecular complexity index is 785. The van der Waals surface area contributed by atoms with E-state index in [9.17, 15) is 15.0 Å². The van der Waals surface area contributed by atoms with Crippen molar-refractivity contribution in [1.29, 1.82) is 0 Å². The first-order valence-corrected chi connectivity index (χ1v) is 7.52. The molecular formula is C18H20N2O4. The van der Waals surface area contributed by atoms with Gasteiger partial charge < -0.3 is 20.7 Å². The van der Waals surface area contributed by atoms with Gasteiger partial charge in [-0.25, -0.2) is 0 Å². The normalized spacial score (nSPS) is 11.4. The number of phenols is 1. The molecule has 2 rings (SSSR count). The van der Waals surface area contributed by atoms with Crippen molar-refractivity contribution in [3.05, 3.63) is 58.7 Å². The Morgan fingerprint density at radius 2 is 2.04 bits per heavy atom. The average Bonchev–Trinajstić information content (AvgIpc) is 2.57. The van der Waals surface area contributed by atoms with Crippen molar-refractivity contribution in [3.63, 3.8) is 0 Å². The Morgan fingerprint density at radius 1 is 1.29 bits per heavy atom. The summed E-state index contributed by atoms with van der Waals surface area (Å²) in [5, 5.41) is 19.0. The molecule has 0 heterocycles. The highest BCUT2D eigenvalue weighted by molar-refractivity contribution is 6.09. The number of carbonyl (C=O) groups excluding carboxylic acids is 1. The lowest BCUT2D eigenvalue weighted by atomic mass is 10.0. The van der Waals surface area contributed by atoms with Crippen molar-refractivity contribution in [3.8, 4) is 11.5 Å². The number of hydrogen-bond donors (Lipinski definition) is 3. The second-order valence-electron chi connectivity index (χ2n) is 5.17. The lowest BCUT2D eigenvalue weighted by molar-refractivity contribution is 0.100. The molecule has 1 amide bonds. The number of nitrogens with two attached hydrogens (primary N) is 1. The molecule has 0 fully saturated rings. The van der Waals surface area contributed by atoms with Crippen LogP contribution in [-0.4, -0.2) is 28.6 Å². The lowest BCUT2D eigenvalue weighted by Gasteiger charge is -2.09. The second kappa shape index (κ2) is 7.61. The van der Waals surface area contributed by atoms with Gasteiger partial charge in [0.1, 0.15) is 5.84 Å². The molecule has 0 saturated carbocycles. The molecular weight excluding hydrogens is 308 g/mol. The SMILES string of the molecule is CCOc1cc(C(=O)N=C(N)c2cccc(CO)c2C)ccc1O. The van der Waals surface area contributed by atoms with E-state index in [1.54, 1.807) is 25.1 Å². The van der Waals surface area contributed by atoms with Crippen LogP contribution in [0.2, 0.25) is 0 Å². The summed E-state index contributed by atoms with van der Waals surface area (Å²) in [7, 11) is 0. The summed E-state index contributed by atoms with van der Waals surface area (Å²) >= 11 is 0. The zero-order valence-electron chi connectivity index (χ0n) is 13.6. The maximum atomic E-state index is 12.3. The van der Waals surface area contributed by atoms with E-state index < -0.39 is 5.91 Å². The Hall–Kier alpha value is -2.86. The number of aliphatic hydroxyl groups excluding tert-OH is 1. The van der Waals surface area contributed by atoms with E-state index in [0.29, 0.717) is 12.2 Å². The largest absolute Gasteiger partial charge is 0.504 e. The minimum atomic E-state index is -0.540. The number of aromatic hydroxyl groups is 1. The molecule has 24 heavy (non-hydrogen) atoms. The minimum Gasteiger partial charge on any atom is -0.504 e. The molecule has 0 bridgehead atoms. The summed E-state index contributed by atoms with van der Waals surface area (Å²) in [4.78, 5) is 16.2. The van der Waals surface area contributed by atoms with Crippen molar-refractivity contribution >= 4 is 11.7 Å². The quantitative estimate of drug-likeness (QED) is 0.576. The topological polar surface area (TPSA) is 105 Å². The highest BCUT2D eigenvalue weighted by atomic mass is 16.5. The molecule has 0 aliphatic heterocycles. The van der Waals surface area contributed by atoms with Crippen LogP contribution in [0.3, 0.4) is 0 Å². The number of aliphatic imine (C=N–C) groups is 1. The minimum absolute atomic E-state index is 0.0446. The molecule has 0 unspecified atom stereocenters. The molecule has 4 N–H and O–H groups in total. The van der Waals surface area contributed by atoms with E-state index in [1.807, 2.05) is 6.92 Å². The van der Waals surface area contributed by atoms with E-state index in [4.69, 9.17) is 10.5 Å². The van der Waals surface area contributed by atoms with Crippen LogP contribution in [0.25, 0.3) is 0 Å². The van der Waals surface area contributed by atoms with Gasteiger partial charge in [0.15, 0.2) is 11.5 Å². The second-order valence-corrected chi connectivity index (χ2v) is 5.17. The smallest absolute Gasteiger partial charge is 0.279 e. The zero-order chi connectivity index (χ0) is 17.7. The number of nitrogens with zero attached hydrogens (tertiary/aromatic N) is 1. The molecule has 0 radical (unpaired) electrons. The molecule has 0 saturated heterocycles. The molecule has 0 aliphatic rings. The fourth-order valence-electron chi connectivity index (χ4n) is 2.28. The highest BCUT2D eigenvalue weighted by Crippen LogP contribution is 2.27. The van der Waals surface area contributed by atoms with Crippen LogP contribution in [0.5, 0.6) is 11.5 Å². The third-order valence-electron chi connectivity index (χ3n) is 3.62. The summed E-state index contributed by atoms with van der Waals surface area (Å²) in [6, 6.07) is 9.52. The first kappa shape index (κ1) is 17.5. The number of hydrogen-bond acceptors (Lipinski definition) is 4. The van der Waals surface area contributed by atoms with E-state index in [2.05, 4.69) is 4.99 Å². The van der Waals surface area contributed by atoms with Gasteiger partial charge in [0.2, 0.25) is 0 Å². The molecule has 2 aromatic carbocycles. The van der Waals surface area contributed by atoms with Crippen molar-refractivity contribution in [2.45, 2.75) is 20.5 Å². The van der Waals surface area contributed by atoms with Gasteiger partial charge in [-0.3, -0.25) is 4.79 Å². The Kier molecular flexibility index (Phi) is 5.55. The highest BCUT2D eigenvalue weighted by Gasteiger charge is 2.12. The monoisotopic (exact) mass is 328 g/mol. The third-order valence-corrected chi connectivity index (χ3v) is 3.62. The van der Waals surface area contributed by atoms with E-state index in [1.165, 1.54) is 18.2 Å². The fourth-order valence-corrected chi connectivity index (χ4v) is 2.28. The van der Waals surface area contributed by atoms with E-state index in [0.717, 1.165) is 11.1 Å². The van der Waals surface area contributed by atoms with Gasteiger partial charge in [0, 0.05) is 11.1 Å². The molecule has 126 valence electrons. The zero-order valence-corrected chi connectivity index (χ0v) is 13.6. The van der Waals surface area contributed by atoms with Crippen molar-refractivity contribution in [2.24, 2.45) is 10.7 Å². The van der Waals surface area contributed by atoms with Gasteiger partial charge in [-0.05, 0) is 43.2 Å². The summed E-state index contributed by atoms with van der Waals surface area (Å²) in [6.45, 7) is 3.84. The number of amidine groups is 1. The number of benzene rings is 2. The maximum absolute atomic E-state index is 12.3. The van der Waals surface area contributed by atoms with Crippen LogP contribution in [0.1, 0.15) is 34.0 Å². The molecule has 0 aromatic heterocycles. The van der Waals surface area contributed by atoms with Gasteiger partial charge >= 0.3 is 0 Å². The van der Waals surface area contributed by atoms with E-state index >= 15 is 0 Å². The Morgan fingerprint density at radius 3 is 2.71 bits per heavy atom. The maximum Gasteiger partial charge on any atom is 0.279 e. The Balaban J connectivity index is 2.34. The summed E-state index contributed by atoms with van der Waals surface area (Å²) in [5.41, 5.74) is 8.30. The van der Waals surface area contributed by atoms with Gasteiger partial charge in [0.05, 0.1) is 13.2 Å². The predicted molar refractivity (Wildman–Crippen MR) is 91.4 cm³/mol. The van der Waals surface area contributed by atoms with Crippen LogP contribution in [-0.2, 0) is 6.61 Å². The van der Waals surface area contributed by atoms with Crippen molar-refractivity contribution in [2.75, 3.05) is 6.61 Å². The molecule has 2 aromatic rings. The number of rotatable bonds is 5. The van der Waals surface area contributed by atoms with Crippen molar-refractivity contribution < 1.29 is 19.7 Å². The van der Waals surface area contributed by atoms with Gasteiger partial charge in [-0.15, -0.1) is 0 Å². The first-order chi connectivity index (χ1) is 11.5. The summed E-state index contributed by atoms with van der Waals surface area (Å²) < 4.78 is 5.26. The van der Waals surface area contributed by atoms with Gasteiger partial charge in [0.25, 0.3) is 5.91 Å². The first-order valence-electron chi connectivity index (χ1n) is 7.52. The number of carbonyl (C=O) groups is 1. The molecule has 0 atom stereocenters. The number of aliphatic hydroxyl groups is 1. The lowest BCUT2D eigenvalue weighted by Crippen LogP contribution is -2.18. The standard InChI is InChI=1S/C18H20N2O4/c1-3-24-16-9-12(7-8-15(16)22)18(23)20-17(19)14-6-4-5-13(10-21)11(14)2/h4-9,21-22H,3,10H2,1-2H3,(H2,19,20,23). The number of phenolic OH excluding ortho intramolecular Hbond substituents is 1. The van der Waals surface area contributed by atoms with E-state index in [-0.39, 0.29) is 29.5 Å². The van der Waals surface area contributed by atoms with Gasteiger partial charge in [-0.2, -0.15) is 4.99 Å². The van der Waals surface area contributed by atoms with Crippen LogP contribution in [0.15, 0.2) is 41.4 Å². The fraction of sp³-hybridized carbons (Fsp3) is 0.222. The third kappa shape index (κ3) is 3.72. The van der Waals surface area contributed by atoms with Crippen LogP contribution >= 0.6 is 0 Å². The molecule has 6 nitrogen and oxygen atoms in total. The number of ether oxygens (including phenoxy) is 1. The molecule has 0 spiro atoms. The summed E-state index contributed by atoms with van der Waals surface area (Å²) in [6.07, 6.45) is 0. The van der Waals surface area contributed by atoms with Crippen LogP contribution < -0.4 is 10.5 Å². The van der Waals surface area contributed by atoms with Gasteiger partial charge in [-0.1, -0.05) is 18.2 Å². The van der Waals surface area contributed by atoms with Crippen molar-refractivity contribution in [1.82, 2.24) is 0 Å². The average molecular weight is 328 g/mol. The number of amides is 1. The van der Waals surface area contributed by atoms with Crippen LogP contribution in [0, 0.1) is 6.92 Å². The van der Waals surface area contributed by atoms with Crippen LogP contribution in [0.4, 0.5) is 0 Å². The predicted octanol–water partition coefficient (Wildman–Crippen LogP) is 2.14. The molecule has 0 aliphatic carbocycles. The summed E-state index contributed by atoms with van der Waals surface area (Å²) in [5.74, 6) is -0.298. The molecule has 6 heteroatoms.